The van der Waals surface area contributed by atoms with E-state index in [4.69, 9.17) is 10.00 Å². The van der Waals surface area contributed by atoms with Crippen LogP contribution in [0.2, 0.25) is 0 Å². The molecule has 4 heteroatoms. The number of nitrogens with zero attached hydrogens (tertiary/aromatic N) is 2. The van der Waals surface area contributed by atoms with Gasteiger partial charge in [0.25, 0.3) is 0 Å². The van der Waals surface area contributed by atoms with Gasteiger partial charge in [-0.25, -0.2) is 0 Å². The number of cyclic esters (lactones) is 1. The van der Waals surface area contributed by atoms with E-state index in [1.165, 1.54) is 0 Å². The Bertz CT molecular complexity index is 210. The van der Waals surface area contributed by atoms with Crippen molar-refractivity contribution in [2.75, 3.05) is 20.2 Å². The number of carbonyl (C=O) groups excluding carboxylic acids is 1. The minimum atomic E-state index is -0.157. The predicted octanol–water partition coefficient (Wildman–Crippen LogP) is 0.147. The van der Waals surface area contributed by atoms with Gasteiger partial charge in [-0.1, -0.05) is 0 Å². The van der Waals surface area contributed by atoms with E-state index in [0.717, 1.165) is 6.42 Å². The second-order valence-corrected chi connectivity index (χ2v) is 2.86. The lowest BCUT2D eigenvalue weighted by molar-refractivity contribution is -0.141. The van der Waals surface area contributed by atoms with Crippen LogP contribution in [0.1, 0.15) is 12.8 Å². The van der Waals surface area contributed by atoms with Crippen molar-refractivity contribution < 1.29 is 9.53 Å². The van der Waals surface area contributed by atoms with Crippen molar-refractivity contribution in [3.63, 3.8) is 0 Å². The van der Waals surface area contributed by atoms with Crippen LogP contribution < -0.4 is 0 Å². The van der Waals surface area contributed by atoms with Gasteiger partial charge in [-0.15, -0.1) is 0 Å². The number of carbonyl (C=O) groups is 1. The highest BCUT2D eigenvalue weighted by Gasteiger charge is 2.29. The molecule has 4 nitrogen and oxygen atoms in total. The molecule has 0 N–H and O–H groups in total. The minimum Gasteiger partial charge on any atom is -0.464 e. The lowest BCUT2D eigenvalue weighted by atomic mass is 10.2. The van der Waals surface area contributed by atoms with Gasteiger partial charge in [-0.3, -0.25) is 9.69 Å². The quantitative estimate of drug-likeness (QED) is 0.563. The Morgan fingerprint density at radius 2 is 2.58 bits per heavy atom. The fraction of sp³-hybridized carbons (Fsp3) is 0.750. The number of ether oxygens (including phenoxy) is 1. The van der Waals surface area contributed by atoms with Crippen LogP contribution >= 0.6 is 0 Å². The first kappa shape index (κ1) is 9.01. The zero-order valence-corrected chi connectivity index (χ0v) is 7.12. The topological polar surface area (TPSA) is 53.3 Å². The van der Waals surface area contributed by atoms with E-state index in [1.807, 2.05) is 18.0 Å². The standard InChI is InChI=1S/C8H12N2O2/c1-10(5-2-4-9)7-3-6-12-8(7)11/h7H,2-3,5-6H2,1H3. The van der Waals surface area contributed by atoms with Crippen molar-refractivity contribution in [2.45, 2.75) is 18.9 Å². The third-order valence-electron chi connectivity index (χ3n) is 2.02. The summed E-state index contributed by atoms with van der Waals surface area (Å²) >= 11 is 0. The summed E-state index contributed by atoms with van der Waals surface area (Å²) in [6.45, 7) is 1.15. The van der Waals surface area contributed by atoms with Crippen molar-refractivity contribution in [3.05, 3.63) is 0 Å². The zero-order chi connectivity index (χ0) is 8.97. The van der Waals surface area contributed by atoms with Crippen molar-refractivity contribution in [2.24, 2.45) is 0 Å². The van der Waals surface area contributed by atoms with Crippen LogP contribution in [0.4, 0.5) is 0 Å². The Kier molecular flexibility index (Phi) is 3.06. The van der Waals surface area contributed by atoms with Crippen LogP contribution in [-0.4, -0.2) is 37.1 Å². The lowest BCUT2D eigenvalue weighted by Crippen LogP contribution is -2.35. The summed E-state index contributed by atoms with van der Waals surface area (Å²) in [7, 11) is 1.84. The summed E-state index contributed by atoms with van der Waals surface area (Å²) in [5.41, 5.74) is 0. The average Bonchev–Trinajstić information content (AvgIpc) is 2.47. The molecule has 0 saturated carbocycles. The van der Waals surface area contributed by atoms with Crippen LogP contribution in [0.3, 0.4) is 0 Å². The molecule has 1 saturated heterocycles. The molecule has 12 heavy (non-hydrogen) atoms. The Hall–Kier alpha value is -1.08. The maximum atomic E-state index is 11.0. The molecular weight excluding hydrogens is 156 g/mol. The van der Waals surface area contributed by atoms with E-state index in [9.17, 15) is 4.79 Å². The van der Waals surface area contributed by atoms with Crippen molar-refractivity contribution in [1.82, 2.24) is 4.90 Å². The number of nitriles is 1. The highest BCUT2D eigenvalue weighted by Crippen LogP contribution is 2.12. The Morgan fingerprint density at radius 3 is 3.08 bits per heavy atom. The highest BCUT2D eigenvalue weighted by atomic mass is 16.5. The zero-order valence-electron chi connectivity index (χ0n) is 7.12. The summed E-state index contributed by atoms with van der Waals surface area (Å²) < 4.78 is 4.80. The Balaban J connectivity index is 2.36. The van der Waals surface area contributed by atoms with E-state index in [1.54, 1.807) is 0 Å². The molecule has 0 radical (unpaired) electrons. The van der Waals surface area contributed by atoms with Gasteiger partial charge in [0.1, 0.15) is 6.04 Å². The van der Waals surface area contributed by atoms with E-state index in [0.29, 0.717) is 19.6 Å². The maximum Gasteiger partial charge on any atom is 0.323 e. The molecule has 1 heterocycles. The Labute approximate surface area is 71.7 Å². The SMILES string of the molecule is CN(CCC#N)C1CCOC1=O. The van der Waals surface area contributed by atoms with E-state index >= 15 is 0 Å². The highest BCUT2D eigenvalue weighted by molar-refractivity contribution is 5.77. The maximum absolute atomic E-state index is 11.0. The molecule has 0 aromatic heterocycles. The van der Waals surface area contributed by atoms with Crippen LogP contribution in [0.15, 0.2) is 0 Å². The van der Waals surface area contributed by atoms with Gasteiger partial charge < -0.3 is 4.74 Å². The molecule has 0 amide bonds. The van der Waals surface area contributed by atoms with Gasteiger partial charge in [0, 0.05) is 19.4 Å². The molecule has 0 aliphatic carbocycles. The van der Waals surface area contributed by atoms with Crippen LogP contribution in [-0.2, 0) is 9.53 Å². The third-order valence-corrected chi connectivity index (χ3v) is 2.02. The smallest absolute Gasteiger partial charge is 0.323 e. The van der Waals surface area contributed by atoms with Crippen LogP contribution in [0.25, 0.3) is 0 Å². The minimum absolute atomic E-state index is 0.127. The molecule has 1 atom stereocenters. The molecule has 66 valence electrons. The summed E-state index contributed by atoms with van der Waals surface area (Å²) in [6.07, 6.45) is 1.21. The molecule has 1 aliphatic rings. The fourth-order valence-corrected chi connectivity index (χ4v) is 1.27. The van der Waals surface area contributed by atoms with Crippen molar-refractivity contribution in [3.8, 4) is 6.07 Å². The predicted molar refractivity (Wildman–Crippen MR) is 42.2 cm³/mol. The largest absolute Gasteiger partial charge is 0.464 e. The Morgan fingerprint density at radius 1 is 1.83 bits per heavy atom. The monoisotopic (exact) mass is 168 g/mol. The first-order valence-electron chi connectivity index (χ1n) is 3.99. The molecule has 1 aliphatic heterocycles. The van der Waals surface area contributed by atoms with E-state index < -0.39 is 0 Å². The average molecular weight is 168 g/mol. The molecular formula is C8H12N2O2. The summed E-state index contributed by atoms with van der Waals surface area (Å²) in [6, 6.07) is 1.92. The summed E-state index contributed by atoms with van der Waals surface area (Å²) in [5, 5.41) is 8.33. The number of hydrogen-bond donors (Lipinski definition) is 0. The first-order valence-corrected chi connectivity index (χ1v) is 3.99. The molecule has 1 unspecified atom stereocenters. The summed E-state index contributed by atoms with van der Waals surface area (Å²) in [4.78, 5) is 12.9. The van der Waals surface area contributed by atoms with E-state index in [-0.39, 0.29) is 12.0 Å². The molecule has 0 spiro atoms. The second-order valence-electron chi connectivity index (χ2n) is 2.86. The van der Waals surface area contributed by atoms with E-state index in [2.05, 4.69) is 0 Å². The van der Waals surface area contributed by atoms with Crippen molar-refractivity contribution >= 4 is 5.97 Å². The number of likely N-dealkylation sites (N-methyl/N-ethyl adjacent to an activating group) is 1. The lowest BCUT2D eigenvalue weighted by Gasteiger charge is -2.18. The molecule has 0 aromatic carbocycles. The number of esters is 1. The normalized spacial score (nSPS) is 22.4. The molecule has 0 aromatic rings. The molecule has 0 bridgehead atoms. The van der Waals surface area contributed by atoms with Gasteiger partial charge in [0.05, 0.1) is 12.7 Å². The van der Waals surface area contributed by atoms with Crippen LogP contribution in [0, 0.1) is 11.3 Å². The fourth-order valence-electron chi connectivity index (χ4n) is 1.27. The second kappa shape index (κ2) is 4.07. The van der Waals surface area contributed by atoms with Gasteiger partial charge in [0.2, 0.25) is 0 Å². The van der Waals surface area contributed by atoms with Gasteiger partial charge in [-0.2, -0.15) is 5.26 Å². The van der Waals surface area contributed by atoms with Gasteiger partial charge in [-0.05, 0) is 7.05 Å². The number of hydrogen-bond acceptors (Lipinski definition) is 4. The van der Waals surface area contributed by atoms with Crippen LogP contribution in [0.5, 0.6) is 0 Å². The third kappa shape index (κ3) is 1.95. The van der Waals surface area contributed by atoms with Gasteiger partial charge in [0.15, 0.2) is 0 Å². The molecule has 1 fully saturated rings. The van der Waals surface area contributed by atoms with Gasteiger partial charge >= 0.3 is 5.97 Å². The number of rotatable bonds is 3. The summed E-state index contributed by atoms with van der Waals surface area (Å²) in [5.74, 6) is -0.157. The first-order chi connectivity index (χ1) is 5.75. The van der Waals surface area contributed by atoms with Crippen molar-refractivity contribution in [1.29, 1.82) is 5.26 Å². The molecule has 1 rings (SSSR count).